The van der Waals surface area contributed by atoms with E-state index in [1.54, 1.807) is 54.6 Å². The molecule has 4 rings (SSSR count). The van der Waals surface area contributed by atoms with E-state index in [1.165, 1.54) is 4.90 Å². The summed E-state index contributed by atoms with van der Waals surface area (Å²) in [5, 5.41) is 6.63. The topological polar surface area (TPSA) is 124 Å². The molecule has 2 amide bonds. The van der Waals surface area contributed by atoms with Gasteiger partial charge in [0.1, 0.15) is 13.1 Å². The summed E-state index contributed by atoms with van der Waals surface area (Å²) >= 11 is 0. The van der Waals surface area contributed by atoms with E-state index in [1.807, 2.05) is 0 Å². The van der Waals surface area contributed by atoms with Crippen LogP contribution in [0.25, 0.3) is 11.5 Å². The van der Waals surface area contributed by atoms with E-state index in [0.717, 1.165) is 4.68 Å². The molecule has 0 spiro atoms. The van der Waals surface area contributed by atoms with Crippen molar-refractivity contribution in [3.63, 3.8) is 0 Å². The quantitative estimate of drug-likeness (QED) is 0.626. The van der Waals surface area contributed by atoms with E-state index in [0.29, 0.717) is 16.9 Å². The van der Waals surface area contributed by atoms with Crippen molar-refractivity contribution < 1.29 is 23.5 Å². The minimum Gasteiger partial charge on any atom is -0.454 e. The number of fused-ring (bicyclic) bond motifs is 1. The number of para-hydroxylation sites is 2. The number of hydrogen-bond acceptors (Lipinski definition) is 7. The van der Waals surface area contributed by atoms with Crippen molar-refractivity contribution in [2.75, 3.05) is 23.4 Å². The summed E-state index contributed by atoms with van der Waals surface area (Å²) in [6, 6.07) is 15.5. The van der Waals surface area contributed by atoms with Crippen molar-refractivity contribution in [2.45, 2.75) is 6.54 Å². The van der Waals surface area contributed by atoms with Gasteiger partial charge in [0, 0.05) is 5.56 Å². The van der Waals surface area contributed by atoms with E-state index in [9.17, 15) is 19.2 Å². The average molecular weight is 408 g/mol. The van der Waals surface area contributed by atoms with Crippen LogP contribution in [0.4, 0.5) is 11.4 Å². The number of esters is 1. The molecular formula is C20H16N4O6. The van der Waals surface area contributed by atoms with Crippen molar-refractivity contribution in [1.82, 2.24) is 9.78 Å². The molecule has 0 fully saturated rings. The standard InChI is InChI=1S/C20H16N4O6/c25-16-10-23(15-9-5-4-8-14(15)21-16)17(26)12-29-18(27)11-24-20(28)30-19(22-24)13-6-2-1-3-7-13/h1-9H,10-12H2,(H,21,25). The molecule has 10 heteroatoms. The number of hydrogen-bond donors (Lipinski definition) is 1. The highest BCUT2D eigenvalue weighted by molar-refractivity contribution is 6.10. The summed E-state index contributed by atoms with van der Waals surface area (Å²) in [7, 11) is 0. The van der Waals surface area contributed by atoms with Gasteiger partial charge in [-0.15, -0.1) is 5.10 Å². The largest absolute Gasteiger partial charge is 0.454 e. The van der Waals surface area contributed by atoms with E-state index in [-0.39, 0.29) is 18.3 Å². The Morgan fingerprint density at radius 2 is 1.80 bits per heavy atom. The van der Waals surface area contributed by atoms with Gasteiger partial charge in [-0.3, -0.25) is 19.3 Å². The normalized spacial score (nSPS) is 12.8. The summed E-state index contributed by atoms with van der Waals surface area (Å²) in [5.74, 6) is -2.51. The second kappa shape index (κ2) is 8.03. The fourth-order valence-electron chi connectivity index (χ4n) is 2.95. The number of nitrogens with zero attached hydrogens (tertiary/aromatic N) is 3. The van der Waals surface area contributed by atoms with Crippen LogP contribution in [-0.2, 0) is 25.7 Å². The van der Waals surface area contributed by atoms with Crippen LogP contribution in [0, 0.1) is 0 Å². The summed E-state index contributed by atoms with van der Waals surface area (Å²) in [6.07, 6.45) is 0. The fourth-order valence-corrected chi connectivity index (χ4v) is 2.95. The summed E-state index contributed by atoms with van der Waals surface area (Å²) in [4.78, 5) is 49.5. The van der Waals surface area contributed by atoms with Gasteiger partial charge in [0.25, 0.3) is 5.91 Å². The Bertz CT molecular complexity index is 1170. The van der Waals surface area contributed by atoms with Gasteiger partial charge in [-0.2, -0.15) is 4.68 Å². The number of rotatable bonds is 5. The van der Waals surface area contributed by atoms with Crippen LogP contribution in [-0.4, -0.2) is 40.7 Å². The molecule has 2 aromatic carbocycles. The summed E-state index contributed by atoms with van der Waals surface area (Å²) < 4.78 is 10.8. The number of benzene rings is 2. The maximum atomic E-state index is 12.5. The molecule has 1 aliphatic rings. The van der Waals surface area contributed by atoms with Crippen LogP contribution in [0.1, 0.15) is 0 Å². The maximum Gasteiger partial charge on any atom is 0.437 e. The summed E-state index contributed by atoms with van der Waals surface area (Å²) in [6.45, 7) is -1.28. The number of ether oxygens (including phenoxy) is 1. The lowest BCUT2D eigenvalue weighted by Gasteiger charge is -2.28. The van der Waals surface area contributed by atoms with E-state index < -0.39 is 30.8 Å². The molecule has 3 aromatic rings. The summed E-state index contributed by atoms with van der Waals surface area (Å²) in [5.41, 5.74) is 1.59. The molecule has 30 heavy (non-hydrogen) atoms. The van der Waals surface area contributed by atoms with Gasteiger partial charge in [0.05, 0.1) is 11.4 Å². The monoisotopic (exact) mass is 408 g/mol. The van der Waals surface area contributed by atoms with Gasteiger partial charge in [-0.05, 0) is 24.3 Å². The van der Waals surface area contributed by atoms with Gasteiger partial charge in [-0.25, -0.2) is 4.79 Å². The maximum absolute atomic E-state index is 12.5. The highest BCUT2D eigenvalue weighted by Gasteiger charge is 2.27. The van der Waals surface area contributed by atoms with E-state index in [4.69, 9.17) is 9.15 Å². The van der Waals surface area contributed by atoms with Crippen LogP contribution in [0.5, 0.6) is 0 Å². The second-order valence-electron chi connectivity index (χ2n) is 6.40. The van der Waals surface area contributed by atoms with Gasteiger partial charge in [0.2, 0.25) is 11.8 Å². The molecule has 0 atom stereocenters. The Labute approximate surface area is 169 Å². The number of carbonyl (C=O) groups is 3. The number of carbonyl (C=O) groups excluding carboxylic acids is 3. The van der Waals surface area contributed by atoms with Crippen LogP contribution in [0.3, 0.4) is 0 Å². The highest BCUT2D eigenvalue weighted by atomic mass is 16.5. The molecule has 0 radical (unpaired) electrons. The van der Waals surface area contributed by atoms with Crippen molar-refractivity contribution in [3.8, 4) is 11.5 Å². The van der Waals surface area contributed by atoms with Crippen LogP contribution in [0.2, 0.25) is 0 Å². The molecular weight excluding hydrogens is 392 g/mol. The van der Waals surface area contributed by atoms with Gasteiger partial charge >= 0.3 is 11.7 Å². The predicted octanol–water partition coefficient (Wildman–Crippen LogP) is 1.03. The molecule has 2 heterocycles. The zero-order chi connectivity index (χ0) is 21.1. The molecule has 1 N–H and O–H groups in total. The zero-order valence-corrected chi connectivity index (χ0v) is 15.6. The second-order valence-corrected chi connectivity index (χ2v) is 6.40. The zero-order valence-electron chi connectivity index (χ0n) is 15.6. The molecule has 152 valence electrons. The SMILES string of the molecule is O=C1CN(C(=O)COC(=O)Cn2nc(-c3ccccc3)oc2=O)c2ccccc2N1. The van der Waals surface area contributed by atoms with Crippen molar-refractivity contribution in [1.29, 1.82) is 0 Å². The Balaban J connectivity index is 1.39. The lowest BCUT2D eigenvalue weighted by Crippen LogP contribution is -2.44. The Hall–Kier alpha value is -4.21. The molecule has 10 nitrogen and oxygen atoms in total. The number of nitrogens with one attached hydrogen (secondary N) is 1. The fraction of sp³-hybridized carbons (Fsp3) is 0.150. The lowest BCUT2D eigenvalue weighted by atomic mass is 10.2. The van der Waals surface area contributed by atoms with Gasteiger partial charge in [0.15, 0.2) is 6.61 Å². The van der Waals surface area contributed by atoms with Gasteiger partial charge in [-0.1, -0.05) is 30.3 Å². The average Bonchev–Trinajstić information content (AvgIpc) is 3.12. The molecule has 0 saturated carbocycles. The molecule has 1 aromatic heterocycles. The first-order valence-corrected chi connectivity index (χ1v) is 8.99. The van der Waals surface area contributed by atoms with Crippen molar-refractivity contribution in [2.24, 2.45) is 0 Å². The number of anilines is 2. The first-order valence-electron chi connectivity index (χ1n) is 8.99. The third-order valence-electron chi connectivity index (χ3n) is 4.33. The van der Waals surface area contributed by atoms with Gasteiger partial charge < -0.3 is 14.5 Å². The number of amides is 2. The first kappa shape index (κ1) is 19.1. The third-order valence-corrected chi connectivity index (χ3v) is 4.33. The molecule has 0 aliphatic carbocycles. The Morgan fingerprint density at radius 1 is 1.07 bits per heavy atom. The molecule has 0 unspecified atom stereocenters. The molecule has 0 bridgehead atoms. The van der Waals surface area contributed by atoms with Crippen molar-refractivity contribution in [3.05, 3.63) is 65.1 Å². The Kier molecular flexibility index (Phi) is 5.12. The minimum absolute atomic E-state index is 0.0698. The predicted molar refractivity (Wildman–Crippen MR) is 105 cm³/mol. The van der Waals surface area contributed by atoms with Crippen molar-refractivity contribution >= 4 is 29.2 Å². The van der Waals surface area contributed by atoms with Crippen LogP contribution in [0.15, 0.2) is 63.8 Å². The minimum atomic E-state index is -0.840. The van der Waals surface area contributed by atoms with Crippen LogP contribution >= 0.6 is 0 Å². The molecule has 1 aliphatic heterocycles. The lowest BCUT2D eigenvalue weighted by molar-refractivity contribution is -0.148. The highest BCUT2D eigenvalue weighted by Crippen LogP contribution is 2.28. The smallest absolute Gasteiger partial charge is 0.437 e. The Morgan fingerprint density at radius 3 is 2.60 bits per heavy atom. The molecule has 0 saturated heterocycles. The first-order chi connectivity index (χ1) is 14.5. The third kappa shape index (κ3) is 3.97. The number of aromatic nitrogens is 2. The van der Waals surface area contributed by atoms with Crippen LogP contribution < -0.4 is 16.0 Å². The van der Waals surface area contributed by atoms with E-state index in [2.05, 4.69) is 10.4 Å². The van der Waals surface area contributed by atoms with E-state index >= 15 is 0 Å².